The Morgan fingerprint density at radius 3 is 2.59 bits per heavy atom. The van der Waals surface area contributed by atoms with Crippen LogP contribution in [0.3, 0.4) is 0 Å². The smallest absolute Gasteiger partial charge is 0.190 e. The first-order valence-corrected chi connectivity index (χ1v) is 10.6. The van der Waals surface area contributed by atoms with Gasteiger partial charge in [-0.2, -0.15) is 0 Å². The van der Waals surface area contributed by atoms with E-state index in [-0.39, 0.29) is 18.6 Å². The zero-order chi connectivity index (χ0) is 21.6. The molecule has 0 amide bonds. The second kappa shape index (κ2) is 6.22. The highest BCUT2D eigenvalue weighted by atomic mass is 35.5. The van der Waals surface area contributed by atoms with E-state index in [0.29, 0.717) is 12.0 Å². The van der Waals surface area contributed by atoms with Crippen molar-refractivity contribution in [2.75, 3.05) is 6.61 Å². The van der Waals surface area contributed by atoms with Gasteiger partial charge in [0.05, 0.1) is 11.5 Å². The van der Waals surface area contributed by atoms with E-state index in [9.17, 15) is 24.9 Å². The van der Waals surface area contributed by atoms with Crippen LogP contribution >= 0.6 is 11.6 Å². The van der Waals surface area contributed by atoms with Gasteiger partial charge in [0.15, 0.2) is 17.2 Å². The average Bonchev–Trinajstić information content (AvgIpc) is 2.86. The largest absolute Gasteiger partial charge is 0.390 e. The number of aliphatic hydroxyl groups is 3. The zero-order valence-corrected chi connectivity index (χ0v) is 17.6. The number of aliphatic hydroxyl groups excluding tert-OH is 2. The minimum absolute atomic E-state index is 0.116. The minimum atomic E-state index is -2.08. The summed E-state index contributed by atoms with van der Waals surface area (Å²) in [5.74, 6) is -2.55. The molecule has 3 N–H and O–H groups in total. The van der Waals surface area contributed by atoms with Gasteiger partial charge in [-0.25, -0.2) is 4.39 Å². The number of Topliss-reactive ketones (excluding diaryl/α,β-unsaturated/α-hetero) is 1. The molecule has 0 heterocycles. The lowest BCUT2D eigenvalue weighted by atomic mass is 9.44. The van der Waals surface area contributed by atoms with Crippen LogP contribution in [0, 0.1) is 28.6 Å². The lowest BCUT2D eigenvalue weighted by Gasteiger charge is -2.63. The highest BCUT2D eigenvalue weighted by molar-refractivity contribution is 6.23. The molecule has 29 heavy (non-hydrogen) atoms. The molecule has 3 fully saturated rings. The standard InChI is InChI=1S/C22H28ClFO5/c1-11-6-13-14-8-16(23)15-7-12(26)4-5-19(15,2)21(14,24)17(27)9-20(13,3)22(11,29)18(28)10-25/h4-5,7,11,13-14,16-17,25,27,29H,6,8-10H2,1-3H3/t11?,13-,14-,16?,17?,19-,20-,21-,22-/m0/s1. The summed E-state index contributed by atoms with van der Waals surface area (Å²) in [5, 5.41) is 31.5. The third kappa shape index (κ3) is 2.26. The van der Waals surface area contributed by atoms with Crippen molar-refractivity contribution < 1.29 is 29.3 Å². The fraction of sp³-hybridized carbons (Fsp3) is 0.727. The van der Waals surface area contributed by atoms with E-state index < -0.39 is 63.7 Å². The zero-order valence-electron chi connectivity index (χ0n) is 16.9. The molecule has 7 heteroatoms. The first-order valence-electron chi connectivity index (χ1n) is 10.2. The van der Waals surface area contributed by atoms with Gasteiger partial charge >= 0.3 is 0 Å². The molecule has 4 aliphatic carbocycles. The molecule has 0 saturated heterocycles. The maximum Gasteiger partial charge on any atom is 0.190 e. The third-order valence-corrected chi connectivity index (χ3v) is 9.19. The Morgan fingerprint density at radius 1 is 1.31 bits per heavy atom. The molecule has 3 unspecified atom stereocenters. The quantitative estimate of drug-likeness (QED) is 0.588. The van der Waals surface area contributed by atoms with E-state index in [1.165, 1.54) is 18.2 Å². The monoisotopic (exact) mass is 426 g/mol. The van der Waals surface area contributed by atoms with Crippen LogP contribution in [0.2, 0.25) is 0 Å². The fourth-order valence-electron chi connectivity index (χ4n) is 7.25. The lowest BCUT2D eigenvalue weighted by Crippen LogP contribution is -2.70. The molecule has 0 aliphatic heterocycles. The molecular formula is C22H28ClFO5. The summed E-state index contributed by atoms with van der Waals surface area (Å²) in [5.41, 5.74) is -5.79. The van der Waals surface area contributed by atoms with Gasteiger partial charge in [0.1, 0.15) is 12.2 Å². The number of carbonyl (C=O) groups excluding carboxylic acids is 2. The number of halogens is 2. The fourth-order valence-corrected chi connectivity index (χ4v) is 7.74. The Labute approximate surface area is 174 Å². The van der Waals surface area contributed by atoms with Gasteiger partial charge in [0.2, 0.25) is 0 Å². The highest BCUT2D eigenvalue weighted by Gasteiger charge is 2.76. The Morgan fingerprint density at radius 2 is 1.97 bits per heavy atom. The average molecular weight is 427 g/mol. The van der Waals surface area contributed by atoms with Crippen molar-refractivity contribution in [3.8, 4) is 0 Å². The van der Waals surface area contributed by atoms with Gasteiger partial charge in [0, 0.05) is 16.7 Å². The topological polar surface area (TPSA) is 94.8 Å². The number of allylic oxidation sites excluding steroid dienone is 4. The van der Waals surface area contributed by atoms with Crippen molar-refractivity contribution >= 4 is 23.2 Å². The number of rotatable bonds is 2. The molecule has 9 atom stereocenters. The van der Waals surface area contributed by atoms with Crippen LogP contribution in [0.4, 0.5) is 4.39 Å². The molecule has 160 valence electrons. The van der Waals surface area contributed by atoms with Crippen molar-refractivity contribution in [2.45, 2.75) is 62.8 Å². The summed E-state index contributed by atoms with van der Waals surface area (Å²) in [4.78, 5) is 24.5. The number of hydrogen-bond donors (Lipinski definition) is 3. The normalized spacial score (nSPS) is 53.7. The Balaban J connectivity index is 1.87. The number of ketones is 2. The molecule has 0 radical (unpaired) electrons. The van der Waals surface area contributed by atoms with E-state index in [4.69, 9.17) is 11.6 Å². The first kappa shape index (κ1) is 21.2. The van der Waals surface area contributed by atoms with E-state index in [2.05, 4.69) is 0 Å². The van der Waals surface area contributed by atoms with E-state index in [1.807, 2.05) is 0 Å². The third-order valence-electron chi connectivity index (χ3n) is 8.78. The second-order valence-corrected chi connectivity index (χ2v) is 10.4. The van der Waals surface area contributed by atoms with E-state index in [1.54, 1.807) is 20.8 Å². The van der Waals surface area contributed by atoms with Crippen LogP contribution in [0.15, 0.2) is 23.8 Å². The van der Waals surface area contributed by atoms with Crippen LogP contribution in [0.1, 0.15) is 40.0 Å². The molecule has 0 aromatic carbocycles. The molecular weight excluding hydrogens is 399 g/mol. The maximum absolute atomic E-state index is 17.0. The maximum atomic E-state index is 17.0. The molecule has 3 saturated carbocycles. The molecule has 5 nitrogen and oxygen atoms in total. The second-order valence-electron chi connectivity index (χ2n) is 9.84. The van der Waals surface area contributed by atoms with Gasteiger partial charge in [-0.3, -0.25) is 9.59 Å². The van der Waals surface area contributed by atoms with Crippen LogP contribution in [0.5, 0.6) is 0 Å². The number of fused-ring (bicyclic) bond motifs is 5. The SMILES string of the molecule is CC1C[C@H]2[C@@H]3CC(Cl)C4=CC(=O)C=C[C@]4(C)[C@@]3(F)C(O)C[C@]2(C)[C@@]1(O)C(=O)CO. The molecule has 4 aliphatic rings. The van der Waals surface area contributed by atoms with Crippen molar-refractivity contribution in [2.24, 2.45) is 28.6 Å². The van der Waals surface area contributed by atoms with Gasteiger partial charge in [-0.15, -0.1) is 11.6 Å². The molecule has 0 spiro atoms. The van der Waals surface area contributed by atoms with Crippen molar-refractivity contribution in [1.82, 2.24) is 0 Å². The van der Waals surface area contributed by atoms with Crippen LogP contribution in [-0.2, 0) is 9.59 Å². The van der Waals surface area contributed by atoms with Gasteiger partial charge < -0.3 is 15.3 Å². The Kier molecular flexibility index (Phi) is 4.54. The lowest BCUT2D eigenvalue weighted by molar-refractivity contribution is -0.219. The van der Waals surface area contributed by atoms with Crippen LogP contribution < -0.4 is 0 Å². The molecule has 0 aromatic rings. The summed E-state index contributed by atoms with van der Waals surface area (Å²) in [6.07, 6.45) is 3.22. The number of hydrogen-bond acceptors (Lipinski definition) is 5. The summed E-state index contributed by atoms with van der Waals surface area (Å²) in [6.45, 7) is 4.31. The Hall–Kier alpha value is -1.08. The van der Waals surface area contributed by atoms with E-state index in [0.717, 1.165) is 0 Å². The molecule has 0 bridgehead atoms. The predicted molar refractivity (Wildman–Crippen MR) is 105 cm³/mol. The number of carbonyl (C=O) groups is 2. The van der Waals surface area contributed by atoms with Crippen molar-refractivity contribution in [3.05, 3.63) is 23.8 Å². The summed E-state index contributed by atoms with van der Waals surface area (Å²) >= 11 is 6.64. The van der Waals surface area contributed by atoms with Crippen molar-refractivity contribution in [3.63, 3.8) is 0 Å². The van der Waals surface area contributed by atoms with Crippen LogP contribution in [-0.4, -0.2) is 56.2 Å². The predicted octanol–water partition coefficient (Wildman–Crippen LogP) is 2.11. The van der Waals surface area contributed by atoms with Crippen LogP contribution in [0.25, 0.3) is 0 Å². The molecule has 0 aromatic heterocycles. The number of alkyl halides is 2. The van der Waals surface area contributed by atoms with Gasteiger partial charge in [-0.1, -0.05) is 19.9 Å². The summed E-state index contributed by atoms with van der Waals surface area (Å²) in [6, 6.07) is 0. The van der Waals surface area contributed by atoms with Gasteiger partial charge in [0.25, 0.3) is 0 Å². The summed E-state index contributed by atoms with van der Waals surface area (Å²) < 4.78 is 17.0. The highest BCUT2D eigenvalue weighted by Crippen LogP contribution is 2.71. The van der Waals surface area contributed by atoms with Gasteiger partial charge in [-0.05, 0) is 55.7 Å². The first-order chi connectivity index (χ1) is 13.4. The van der Waals surface area contributed by atoms with E-state index >= 15 is 4.39 Å². The summed E-state index contributed by atoms with van der Waals surface area (Å²) in [7, 11) is 0. The molecule has 4 rings (SSSR count). The minimum Gasteiger partial charge on any atom is -0.390 e. The Bertz CT molecular complexity index is 841. The van der Waals surface area contributed by atoms with Crippen molar-refractivity contribution in [1.29, 1.82) is 0 Å².